The number of benzene rings is 2. The second kappa shape index (κ2) is 8.12. The highest BCUT2D eigenvalue weighted by Gasteiger charge is 2.48. The van der Waals surface area contributed by atoms with Gasteiger partial charge in [0.25, 0.3) is 11.7 Å². The van der Waals surface area contributed by atoms with Gasteiger partial charge in [-0.1, -0.05) is 29.8 Å². The van der Waals surface area contributed by atoms with Crippen LogP contribution >= 0.6 is 11.6 Å². The Morgan fingerprint density at radius 2 is 1.87 bits per heavy atom. The molecule has 8 heteroatoms. The summed E-state index contributed by atoms with van der Waals surface area (Å²) in [6.45, 7) is 1.37. The van der Waals surface area contributed by atoms with Gasteiger partial charge in [0.05, 0.1) is 11.8 Å². The number of carbonyl (C=O) groups excluding carboxylic acids is 3. The summed E-state index contributed by atoms with van der Waals surface area (Å²) in [6.07, 6.45) is 1.42. The number of hydrogen-bond acceptors (Lipinski definition) is 5. The number of ketones is 1. The summed E-state index contributed by atoms with van der Waals surface area (Å²) in [4.78, 5) is 38.7. The van der Waals surface area contributed by atoms with Crippen molar-refractivity contribution >= 4 is 46.3 Å². The number of halogens is 1. The first-order valence-electron chi connectivity index (χ1n) is 9.35. The van der Waals surface area contributed by atoms with Crippen LogP contribution in [0.2, 0.25) is 5.02 Å². The Hall–Kier alpha value is -3.84. The maximum atomic E-state index is 13.0. The molecular formula is C23H17ClN2O5. The number of furan rings is 1. The van der Waals surface area contributed by atoms with E-state index in [0.717, 1.165) is 0 Å². The molecule has 1 unspecified atom stereocenters. The monoisotopic (exact) mass is 436 g/mol. The highest BCUT2D eigenvalue weighted by atomic mass is 35.5. The summed E-state index contributed by atoms with van der Waals surface area (Å²) < 4.78 is 5.51. The van der Waals surface area contributed by atoms with Crippen molar-refractivity contribution in [3.05, 3.63) is 88.8 Å². The highest BCUT2D eigenvalue weighted by molar-refractivity contribution is 6.51. The van der Waals surface area contributed by atoms with Crippen LogP contribution in [0.4, 0.5) is 11.4 Å². The number of anilines is 2. The number of amides is 2. The smallest absolute Gasteiger partial charge is 0.300 e. The fraction of sp³-hybridized carbons (Fsp3) is 0.0870. The molecule has 156 valence electrons. The highest BCUT2D eigenvalue weighted by Crippen LogP contribution is 2.42. The van der Waals surface area contributed by atoms with E-state index in [2.05, 4.69) is 5.32 Å². The largest absolute Gasteiger partial charge is 0.507 e. The average Bonchev–Trinajstić information content (AvgIpc) is 3.34. The van der Waals surface area contributed by atoms with E-state index in [1.165, 1.54) is 24.2 Å². The molecule has 0 bridgehead atoms. The van der Waals surface area contributed by atoms with Crippen molar-refractivity contribution in [3.8, 4) is 0 Å². The molecule has 4 rings (SSSR count). The third-order valence-electron chi connectivity index (χ3n) is 4.80. The lowest BCUT2D eigenvalue weighted by atomic mass is 9.99. The lowest BCUT2D eigenvalue weighted by Crippen LogP contribution is -2.29. The fourth-order valence-corrected chi connectivity index (χ4v) is 3.73. The molecule has 31 heavy (non-hydrogen) atoms. The van der Waals surface area contributed by atoms with Gasteiger partial charge in [-0.05, 0) is 42.5 Å². The fourth-order valence-electron chi connectivity index (χ4n) is 3.54. The lowest BCUT2D eigenvalue weighted by Gasteiger charge is -2.24. The molecule has 3 aromatic rings. The van der Waals surface area contributed by atoms with Crippen molar-refractivity contribution < 1.29 is 23.9 Å². The van der Waals surface area contributed by atoms with Gasteiger partial charge in [-0.15, -0.1) is 0 Å². The number of nitrogens with one attached hydrogen (secondary N) is 1. The minimum Gasteiger partial charge on any atom is -0.507 e. The van der Waals surface area contributed by atoms with Crippen LogP contribution in [0.3, 0.4) is 0 Å². The van der Waals surface area contributed by atoms with Crippen LogP contribution in [0.15, 0.2) is 76.9 Å². The lowest BCUT2D eigenvalue weighted by molar-refractivity contribution is -0.132. The van der Waals surface area contributed by atoms with Crippen LogP contribution in [-0.2, 0) is 14.4 Å². The van der Waals surface area contributed by atoms with Crippen molar-refractivity contribution in [1.29, 1.82) is 0 Å². The number of carbonyl (C=O) groups is 3. The second-order valence-electron chi connectivity index (χ2n) is 6.93. The van der Waals surface area contributed by atoms with Gasteiger partial charge in [0.15, 0.2) is 0 Å². The van der Waals surface area contributed by atoms with Gasteiger partial charge in [0, 0.05) is 28.9 Å². The topological polar surface area (TPSA) is 99.9 Å². The Morgan fingerprint density at radius 1 is 1.10 bits per heavy atom. The minimum absolute atomic E-state index is 0.118. The summed E-state index contributed by atoms with van der Waals surface area (Å²) in [5.41, 5.74) is 1.00. The average molecular weight is 437 g/mol. The number of Topliss-reactive ketones (excluding diaryl/α,β-unsaturated/α-hetero) is 1. The molecular weight excluding hydrogens is 420 g/mol. The van der Waals surface area contributed by atoms with E-state index in [1.54, 1.807) is 54.6 Å². The maximum Gasteiger partial charge on any atom is 0.300 e. The molecule has 1 saturated heterocycles. The predicted molar refractivity (Wildman–Crippen MR) is 116 cm³/mol. The van der Waals surface area contributed by atoms with E-state index in [-0.39, 0.29) is 17.2 Å². The zero-order chi connectivity index (χ0) is 22.1. The summed E-state index contributed by atoms with van der Waals surface area (Å²) in [7, 11) is 0. The molecule has 2 heterocycles. The quantitative estimate of drug-likeness (QED) is 0.356. The first kappa shape index (κ1) is 20.4. The second-order valence-corrected chi connectivity index (χ2v) is 7.36. The zero-order valence-corrected chi connectivity index (χ0v) is 17.1. The van der Waals surface area contributed by atoms with Crippen LogP contribution in [0.25, 0.3) is 5.76 Å². The summed E-state index contributed by atoms with van der Waals surface area (Å²) in [6, 6.07) is 15.1. The number of aliphatic hydroxyl groups is 1. The molecule has 2 aromatic carbocycles. The molecule has 2 amide bonds. The molecule has 1 atom stereocenters. The Bertz CT molecular complexity index is 1220. The summed E-state index contributed by atoms with van der Waals surface area (Å²) in [5.74, 6) is -2.02. The Labute approximate surface area is 182 Å². The van der Waals surface area contributed by atoms with Gasteiger partial charge in [-0.25, -0.2) is 0 Å². The van der Waals surface area contributed by atoms with Crippen molar-refractivity contribution in [2.24, 2.45) is 0 Å². The van der Waals surface area contributed by atoms with Gasteiger partial charge < -0.3 is 14.8 Å². The van der Waals surface area contributed by atoms with Crippen molar-refractivity contribution in [2.75, 3.05) is 10.2 Å². The normalized spacial score (nSPS) is 17.7. The van der Waals surface area contributed by atoms with Crippen LogP contribution < -0.4 is 10.2 Å². The van der Waals surface area contributed by atoms with Crippen molar-refractivity contribution in [1.82, 2.24) is 0 Å². The molecule has 1 fully saturated rings. The van der Waals surface area contributed by atoms with E-state index in [0.29, 0.717) is 27.7 Å². The van der Waals surface area contributed by atoms with Crippen LogP contribution in [-0.4, -0.2) is 22.7 Å². The molecule has 1 aliphatic heterocycles. The molecule has 2 N–H and O–H groups in total. The Kier molecular flexibility index (Phi) is 5.35. The molecule has 1 aliphatic rings. The van der Waals surface area contributed by atoms with Gasteiger partial charge >= 0.3 is 0 Å². The van der Waals surface area contributed by atoms with Gasteiger partial charge in [0.2, 0.25) is 5.91 Å². The molecule has 0 aliphatic carbocycles. The van der Waals surface area contributed by atoms with Gasteiger partial charge in [0.1, 0.15) is 17.6 Å². The molecule has 0 radical (unpaired) electrons. The summed E-state index contributed by atoms with van der Waals surface area (Å²) in [5, 5.41) is 14.0. The first-order chi connectivity index (χ1) is 14.9. The van der Waals surface area contributed by atoms with Crippen LogP contribution in [0, 0.1) is 0 Å². The number of aliphatic hydroxyl groups excluding tert-OH is 1. The zero-order valence-electron chi connectivity index (χ0n) is 16.3. The Balaban J connectivity index is 1.89. The van der Waals surface area contributed by atoms with E-state index in [4.69, 9.17) is 16.0 Å². The van der Waals surface area contributed by atoms with Gasteiger partial charge in [-0.3, -0.25) is 19.3 Å². The molecule has 0 spiro atoms. The third kappa shape index (κ3) is 3.83. The molecule has 1 aromatic heterocycles. The SMILES string of the molecule is CC(=O)Nc1cccc(N2C(=O)C(=O)/C(=C(\O)c3cccc(Cl)c3)C2c2ccco2)c1. The maximum absolute atomic E-state index is 13.0. The first-order valence-corrected chi connectivity index (χ1v) is 9.72. The van der Waals surface area contributed by atoms with E-state index >= 15 is 0 Å². The number of rotatable bonds is 4. The molecule has 7 nitrogen and oxygen atoms in total. The van der Waals surface area contributed by atoms with E-state index in [9.17, 15) is 19.5 Å². The van der Waals surface area contributed by atoms with Gasteiger partial charge in [-0.2, -0.15) is 0 Å². The predicted octanol–water partition coefficient (Wildman–Crippen LogP) is 4.52. The minimum atomic E-state index is -0.999. The number of nitrogens with zero attached hydrogens (tertiary/aromatic N) is 1. The van der Waals surface area contributed by atoms with Crippen molar-refractivity contribution in [2.45, 2.75) is 13.0 Å². The Morgan fingerprint density at radius 3 is 2.55 bits per heavy atom. The standard InChI is InChI=1S/C23H17ClN2O5/c1-13(27)25-16-7-3-8-17(12-16)26-20(18-9-4-10-31-18)19(22(29)23(26)30)21(28)14-5-2-6-15(24)11-14/h2-12,20,28H,1H3,(H,25,27)/b21-19-. The van der Waals surface area contributed by atoms with E-state index in [1.807, 2.05) is 0 Å². The van der Waals surface area contributed by atoms with Crippen LogP contribution in [0.5, 0.6) is 0 Å². The van der Waals surface area contributed by atoms with Crippen molar-refractivity contribution in [3.63, 3.8) is 0 Å². The summed E-state index contributed by atoms with van der Waals surface area (Å²) >= 11 is 6.03. The number of hydrogen-bond donors (Lipinski definition) is 2. The van der Waals surface area contributed by atoms with E-state index < -0.39 is 17.7 Å². The third-order valence-corrected chi connectivity index (χ3v) is 5.03. The molecule has 0 saturated carbocycles. The van der Waals surface area contributed by atoms with Crippen LogP contribution in [0.1, 0.15) is 24.3 Å².